The van der Waals surface area contributed by atoms with Gasteiger partial charge in [0.05, 0.1) is 26.4 Å². The molecule has 109 heavy (non-hydrogen) atoms. The number of hydrogen-bond acceptors (Lipinski definition) is 14. The number of esters is 3. The van der Waals surface area contributed by atoms with Gasteiger partial charge in [-0.15, -0.1) is 0 Å². The lowest BCUT2D eigenvalue weighted by atomic mass is 10.0. The van der Waals surface area contributed by atoms with Crippen LogP contribution in [0.4, 0.5) is 0 Å². The van der Waals surface area contributed by atoms with Crippen LogP contribution in [0.3, 0.4) is 0 Å². The van der Waals surface area contributed by atoms with Crippen LogP contribution in [0.15, 0.2) is 146 Å². The molecule has 0 aromatic rings. The number of aliphatic hydroxyl groups excluding tert-OH is 2. The van der Waals surface area contributed by atoms with Gasteiger partial charge in [-0.3, -0.25) is 32.5 Å². The number of carbonyl (C=O) groups is 3. The van der Waals surface area contributed by atoms with Crippen molar-refractivity contribution in [2.45, 2.75) is 373 Å². The van der Waals surface area contributed by atoms with Crippen LogP contribution in [0.25, 0.3) is 0 Å². The Kier molecular flexibility index (Phi) is 79.4. The minimum atomic E-state index is -4.95. The molecule has 0 radical (unpaired) electrons. The molecule has 0 aliphatic heterocycles. The number of phosphoric ester groups is 2. The molecule has 0 bridgehead atoms. The summed E-state index contributed by atoms with van der Waals surface area (Å²) in [4.78, 5) is 58.8. The molecule has 0 aliphatic rings. The highest BCUT2D eigenvalue weighted by molar-refractivity contribution is 7.47. The minimum absolute atomic E-state index is 0.0802. The fourth-order valence-corrected chi connectivity index (χ4v) is 13.1. The van der Waals surface area contributed by atoms with Crippen molar-refractivity contribution < 1.29 is 75.8 Å². The summed E-state index contributed by atoms with van der Waals surface area (Å²) in [5.74, 6) is -1.61. The first-order valence-corrected chi connectivity index (χ1v) is 46.1. The summed E-state index contributed by atoms with van der Waals surface area (Å²) in [6, 6.07) is 0. The smallest absolute Gasteiger partial charge is 0.463 e. The van der Waals surface area contributed by atoms with E-state index in [0.717, 1.165) is 154 Å². The number of carbonyl (C=O) groups excluding carboxylic acids is 3. The molecule has 0 aliphatic carbocycles. The van der Waals surface area contributed by atoms with Gasteiger partial charge in [0.25, 0.3) is 0 Å². The van der Waals surface area contributed by atoms with Crippen molar-refractivity contribution in [3.63, 3.8) is 0 Å². The van der Waals surface area contributed by atoms with E-state index in [1.54, 1.807) is 0 Å². The SMILES string of the molecule is CC/C=C\C/C=C\C/C=C\C/C=C\CCCCCCCCC(=O)OC(COC(=O)CCCCCCC/C=C\C/C=C\C/C=C\C/C=C\CCCCC)COP(=O)(O)OCC(O)COP(=O)(O)OCC(O)COC(=O)CCCCCCCCCCCCCCCCCCC/C=C\C/C=C\C/C=C\C/C=C\CCCCC. The Bertz CT molecular complexity index is 2560. The zero-order chi connectivity index (χ0) is 79.4. The van der Waals surface area contributed by atoms with Crippen molar-refractivity contribution in [3.8, 4) is 0 Å². The molecule has 16 nitrogen and oxygen atoms in total. The number of ether oxygens (including phenoxy) is 3. The van der Waals surface area contributed by atoms with Gasteiger partial charge < -0.3 is 34.2 Å². The van der Waals surface area contributed by atoms with E-state index in [9.17, 15) is 43.5 Å². The molecule has 4 N–H and O–H groups in total. The highest BCUT2D eigenvalue weighted by atomic mass is 31.2. The van der Waals surface area contributed by atoms with Gasteiger partial charge in [-0.05, 0) is 148 Å². The Morgan fingerprint density at radius 2 is 0.486 bits per heavy atom. The Labute approximate surface area is 664 Å². The van der Waals surface area contributed by atoms with Crippen molar-refractivity contribution in [2.75, 3.05) is 39.6 Å². The molecule has 0 saturated carbocycles. The van der Waals surface area contributed by atoms with Crippen LogP contribution in [-0.2, 0) is 55.8 Å². The summed E-state index contributed by atoms with van der Waals surface area (Å²) >= 11 is 0. The Morgan fingerprint density at radius 3 is 0.771 bits per heavy atom. The van der Waals surface area contributed by atoms with Gasteiger partial charge in [-0.2, -0.15) is 0 Å². The summed E-state index contributed by atoms with van der Waals surface area (Å²) in [6.07, 6.45) is 103. The lowest BCUT2D eigenvalue weighted by Gasteiger charge is -2.21. The zero-order valence-corrected chi connectivity index (χ0v) is 70.5. The molecule has 0 aromatic carbocycles. The van der Waals surface area contributed by atoms with Crippen LogP contribution >= 0.6 is 15.6 Å². The lowest BCUT2D eigenvalue weighted by Crippen LogP contribution is -2.30. The summed E-state index contributed by atoms with van der Waals surface area (Å²) < 4.78 is 61.3. The van der Waals surface area contributed by atoms with Crippen molar-refractivity contribution in [1.29, 1.82) is 0 Å². The van der Waals surface area contributed by atoms with Crippen LogP contribution in [0.1, 0.15) is 355 Å². The largest absolute Gasteiger partial charge is 0.472 e. The average molecular weight is 1570 g/mol. The van der Waals surface area contributed by atoms with Crippen LogP contribution in [-0.4, -0.2) is 95.9 Å². The van der Waals surface area contributed by atoms with Gasteiger partial charge in [0.15, 0.2) is 6.10 Å². The Balaban J connectivity index is 4.53. The maximum atomic E-state index is 13.0. The molecule has 0 saturated heterocycles. The van der Waals surface area contributed by atoms with E-state index in [4.69, 9.17) is 32.3 Å². The van der Waals surface area contributed by atoms with E-state index in [1.807, 2.05) is 0 Å². The molecule has 5 unspecified atom stereocenters. The fourth-order valence-electron chi connectivity index (χ4n) is 11.5. The molecule has 0 fully saturated rings. The van der Waals surface area contributed by atoms with E-state index >= 15 is 0 Å². The van der Waals surface area contributed by atoms with Crippen molar-refractivity contribution in [1.82, 2.24) is 0 Å². The number of allylic oxidation sites excluding steroid dienone is 24. The summed E-state index contributed by atoms with van der Waals surface area (Å²) in [5.41, 5.74) is 0. The molecule has 18 heteroatoms. The second kappa shape index (κ2) is 82.9. The second-order valence-electron chi connectivity index (χ2n) is 28.6. The van der Waals surface area contributed by atoms with Crippen molar-refractivity contribution >= 4 is 33.6 Å². The Hall–Kier alpha value is -4.57. The van der Waals surface area contributed by atoms with Gasteiger partial charge in [-0.25, -0.2) is 9.13 Å². The van der Waals surface area contributed by atoms with Gasteiger partial charge in [0, 0.05) is 19.3 Å². The van der Waals surface area contributed by atoms with Gasteiger partial charge in [-0.1, -0.05) is 334 Å². The maximum absolute atomic E-state index is 13.0. The van der Waals surface area contributed by atoms with Crippen LogP contribution in [0, 0.1) is 0 Å². The molecule has 5 atom stereocenters. The first-order chi connectivity index (χ1) is 53.2. The van der Waals surface area contributed by atoms with E-state index in [0.29, 0.717) is 19.3 Å². The molecule has 0 heterocycles. The molecular weight excluding hydrogens is 1410 g/mol. The van der Waals surface area contributed by atoms with E-state index in [2.05, 4.69) is 167 Å². The monoisotopic (exact) mass is 1570 g/mol. The summed E-state index contributed by atoms with van der Waals surface area (Å²) in [5, 5.41) is 20.7. The predicted octanol–water partition coefficient (Wildman–Crippen LogP) is 26.0. The highest BCUT2D eigenvalue weighted by Gasteiger charge is 2.29. The zero-order valence-electron chi connectivity index (χ0n) is 68.7. The molecule has 0 rings (SSSR count). The number of rotatable bonds is 81. The van der Waals surface area contributed by atoms with Crippen LogP contribution in [0.5, 0.6) is 0 Å². The van der Waals surface area contributed by atoms with Gasteiger partial charge in [0.1, 0.15) is 25.4 Å². The standard InChI is InChI=1S/C91H156O16P2/c1-4-7-10-13-16-19-22-25-28-31-34-36-37-38-39-40-41-42-43-44-45-46-47-49-52-53-56-59-62-65-68-71-74-77-89(94)101-80-86(92)81-103-108(97,98)104-82-87(93)83-105-109(99,100)106-85-88(107-91(96)79-76-73-70-67-64-61-58-55-50-33-30-27-24-21-18-15-12-9-6-3)84-102-90(95)78-75-72-69-66-63-60-57-54-51-48-35-32-29-26-23-20-17-14-11-8-5-2/h9,12,16-21,25-30,34-36,38-39,48,50,54-55,57,86-88,92-93H,4-8,10-11,13-15,22-24,31-33,37,40-47,49,51-53,56,58-85H2,1-3H3,(H,97,98)(H,99,100)/b12-9-,19-16-,20-17-,21-18-,28-25-,29-26-,30-27-,36-34-,39-38-,48-35-,55-50-,57-54-. The molecule has 0 spiro atoms. The second-order valence-corrected chi connectivity index (χ2v) is 31.5. The molecule has 0 amide bonds. The number of unbranched alkanes of at least 4 members (excludes halogenated alkanes) is 34. The minimum Gasteiger partial charge on any atom is -0.463 e. The molecule has 0 aromatic heterocycles. The van der Waals surface area contributed by atoms with Crippen molar-refractivity contribution in [3.05, 3.63) is 146 Å². The van der Waals surface area contributed by atoms with E-state index in [1.165, 1.54) is 141 Å². The number of phosphoric acid groups is 2. The summed E-state index contributed by atoms with van der Waals surface area (Å²) in [6.45, 7) is 2.50. The third-order valence-corrected chi connectivity index (χ3v) is 19.9. The first-order valence-electron chi connectivity index (χ1n) is 43.1. The van der Waals surface area contributed by atoms with Gasteiger partial charge >= 0.3 is 33.6 Å². The highest BCUT2D eigenvalue weighted by Crippen LogP contribution is 2.45. The first kappa shape index (κ1) is 104. The quantitative estimate of drug-likeness (QED) is 0.0146. The predicted molar refractivity (Wildman–Crippen MR) is 454 cm³/mol. The summed E-state index contributed by atoms with van der Waals surface area (Å²) in [7, 11) is -9.81. The van der Waals surface area contributed by atoms with E-state index in [-0.39, 0.29) is 19.3 Å². The maximum Gasteiger partial charge on any atom is 0.472 e. The Morgan fingerprint density at radius 1 is 0.266 bits per heavy atom. The van der Waals surface area contributed by atoms with Gasteiger partial charge in [0.2, 0.25) is 0 Å². The van der Waals surface area contributed by atoms with Crippen LogP contribution < -0.4 is 0 Å². The lowest BCUT2D eigenvalue weighted by molar-refractivity contribution is -0.161. The number of aliphatic hydroxyl groups is 2. The van der Waals surface area contributed by atoms with E-state index < -0.39 is 91.5 Å². The fraction of sp³-hybridized carbons (Fsp3) is 0.703. The molecular formula is C91H156O16P2. The number of hydrogen-bond donors (Lipinski definition) is 4. The third kappa shape index (κ3) is 84.2. The van der Waals surface area contributed by atoms with Crippen molar-refractivity contribution in [2.24, 2.45) is 0 Å². The van der Waals surface area contributed by atoms with Crippen LogP contribution in [0.2, 0.25) is 0 Å². The topological polar surface area (TPSA) is 231 Å². The average Bonchev–Trinajstić information content (AvgIpc) is 0.900. The molecule has 626 valence electrons. The third-order valence-electron chi connectivity index (χ3n) is 18.0. The normalized spacial score (nSPS) is 14.6.